The van der Waals surface area contributed by atoms with E-state index >= 15 is 0 Å². The summed E-state index contributed by atoms with van der Waals surface area (Å²) in [7, 11) is 0. The van der Waals surface area contributed by atoms with Crippen LogP contribution < -0.4 is 0 Å². The Morgan fingerprint density at radius 3 is 2.15 bits per heavy atom. The van der Waals surface area contributed by atoms with Crippen molar-refractivity contribution in [1.29, 1.82) is 0 Å². The minimum atomic E-state index is -0.213. The number of hydrogen-bond acceptors (Lipinski definition) is 2. The van der Waals surface area contributed by atoms with E-state index in [0.717, 1.165) is 27.5 Å². The Morgan fingerprint density at radius 2 is 1.33 bits per heavy atom. The minimum absolute atomic E-state index is 0.213. The molecule has 0 bridgehead atoms. The maximum Gasteiger partial charge on any atom is 0.310 e. The second-order valence-electron chi connectivity index (χ2n) is 6.54. The summed E-state index contributed by atoms with van der Waals surface area (Å²) in [5.74, 6) is -0.213. The number of hydrogen-bond donors (Lipinski definition) is 0. The quantitative estimate of drug-likeness (QED) is 0.425. The Balaban J connectivity index is 1.39. The molecule has 132 valence electrons. The summed E-state index contributed by atoms with van der Waals surface area (Å²) in [6.45, 7) is 0.294. The third kappa shape index (κ3) is 4.06. The van der Waals surface area contributed by atoms with E-state index in [1.807, 2.05) is 66.7 Å². The Hall–Kier alpha value is -3.39. The van der Waals surface area contributed by atoms with Gasteiger partial charge in [-0.3, -0.25) is 4.79 Å². The van der Waals surface area contributed by atoms with Crippen molar-refractivity contribution in [2.75, 3.05) is 0 Å². The zero-order valence-corrected chi connectivity index (χ0v) is 15.0. The molecule has 0 aromatic heterocycles. The van der Waals surface area contributed by atoms with Gasteiger partial charge in [0.05, 0.1) is 6.42 Å². The predicted molar refractivity (Wildman–Crippen MR) is 109 cm³/mol. The summed E-state index contributed by atoms with van der Waals surface area (Å²) in [6, 6.07) is 32.5. The van der Waals surface area contributed by atoms with Gasteiger partial charge in [0.25, 0.3) is 0 Å². The molecule has 0 saturated carbocycles. The molecule has 0 aliphatic heterocycles. The van der Waals surface area contributed by atoms with Gasteiger partial charge in [-0.1, -0.05) is 97.1 Å². The molecule has 4 aromatic rings. The van der Waals surface area contributed by atoms with Crippen LogP contribution in [0.15, 0.2) is 97.1 Å². The summed E-state index contributed by atoms with van der Waals surface area (Å²) in [5.41, 5.74) is 4.30. The first-order chi connectivity index (χ1) is 13.3. The maximum absolute atomic E-state index is 12.3. The molecule has 4 rings (SSSR count). The third-order valence-electron chi connectivity index (χ3n) is 4.68. The Labute approximate surface area is 159 Å². The molecule has 0 amide bonds. The summed E-state index contributed by atoms with van der Waals surface area (Å²) < 4.78 is 5.52. The average molecular weight is 352 g/mol. The van der Waals surface area contributed by atoms with Crippen LogP contribution in [0.5, 0.6) is 0 Å². The minimum Gasteiger partial charge on any atom is -0.461 e. The number of carbonyl (C=O) groups excluding carboxylic acids is 1. The molecule has 2 heteroatoms. The first-order valence-electron chi connectivity index (χ1n) is 9.06. The van der Waals surface area contributed by atoms with Gasteiger partial charge in [0.15, 0.2) is 0 Å². The standard InChI is InChI=1S/C25H20O2/c26-25(27-18-23-11-6-10-22-9-4-5-12-24(22)23)17-19-13-15-21(16-14-19)20-7-2-1-3-8-20/h1-16H,17-18H2. The number of rotatable bonds is 5. The average Bonchev–Trinajstić information content (AvgIpc) is 2.73. The second kappa shape index (κ2) is 7.88. The van der Waals surface area contributed by atoms with Crippen molar-refractivity contribution in [2.45, 2.75) is 13.0 Å². The molecule has 0 aliphatic carbocycles. The molecule has 2 nitrogen and oxygen atoms in total. The molecule has 0 N–H and O–H groups in total. The summed E-state index contributed by atoms with van der Waals surface area (Å²) in [6.07, 6.45) is 0.278. The summed E-state index contributed by atoms with van der Waals surface area (Å²) in [5, 5.41) is 2.28. The fourth-order valence-corrected chi connectivity index (χ4v) is 3.24. The first-order valence-corrected chi connectivity index (χ1v) is 9.06. The Bertz CT molecular complexity index is 1050. The number of fused-ring (bicyclic) bond motifs is 1. The molecule has 0 spiro atoms. The molecule has 0 unspecified atom stereocenters. The monoisotopic (exact) mass is 352 g/mol. The maximum atomic E-state index is 12.3. The van der Waals surface area contributed by atoms with E-state index in [0.29, 0.717) is 6.61 Å². The number of esters is 1. The van der Waals surface area contributed by atoms with E-state index < -0.39 is 0 Å². The Morgan fingerprint density at radius 1 is 0.667 bits per heavy atom. The van der Waals surface area contributed by atoms with Gasteiger partial charge in [-0.15, -0.1) is 0 Å². The van der Waals surface area contributed by atoms with Crippen LogP contribution in [0.4, 0.5) is 0 Å². The molecule has 0 heterocycles. The molecule has 0 atom stereocenters. The van der Waals surface area contributed by atoms with Gasteiger partial charge in [-0.2, -0.15) is 0 Å². The van der Waals surface area contributed by atoms with E-state index in [1.54, 1.807) is 0 Å². The molecule has 4 aromatic carbocycles. The van der Waals surface area contributed by atoms with E-state index in [4.69, 9.17) is 4.74 Å². The van der Waals surface area contributed by atoms with Gasteiger partial charge in [0, 0.05) is 0 Å². The van der Waals surface area contributed by atoms with Crippen LogP contribution in [0.3, 0.4) is 0 Å². The van der Waals surface area contributed by atoms with Crippen molar-refractivity contribution < 1.29 is 9.53 Å². The molecule has 0 fully saturated rings. The smallest absolute Gasteiger partial charge is 0.310 e. The highest BCUT2D eigenvalue weighted by Crippen LogP contribution is 2.21. The fourth-order valence-electron chi connectivity index (χ4n) is 3.24. The molecule has 0 saturated heterocycles. The molecular formula is C25H20O2. The van der Waals surface area contributed by atoms with Crippen LogP contribution in [0.25, 0.3) is 21.9 Å². The van der Waals surface area contributed by atoms with E-state index in [2.05, 4.69) is 30.3 Å². The van der Waals surface area contributed by atoms with E-state index in [-0.39, 0.29) is 12.4 Å². The van der Waals surface area contributed by atoms with Crippen LogP contribution >= 0.6 is 0 Å². The van der Waals surface area contributed by atoms with Crippen LogP contribution in [0.2, 0.25) is 0 Å². The van der Waals surface area contributed by atoms with Gasteiger partial charge in [0.2, 0.25) is 0 Å². The Kier molecular flexibility index (Phi) is 4.97. The van der Waals surface area contributed by atoms with E-state index in [1.165, 1.54) is 5.56 Å². The molecule has 0 radical (unpaired) electrons. The lowest BCUT2D eigenvalue weighted by Crippen LogP contribution is -2.08. The van der Waals surface area contributed by atoms with Gasteiger partial charge in [0.1, 0.15) is 6.61 Å². The lowest BCUT2D eigenvalue weighted by atomic mass is 10.0. The van der Waals surface area contributed by atoms with Crippen molar-refractivity contribution in [2.24, 2.45) is 0 Å². The third-order valence-corrected chi connectivity index (χ3v) is 4.68. The van der Waals surface area contributed by atoms with Crippen LogP contribution in [0, 0.1) is 0 Å². The first kappa shape index (κ1) is 17.0. The van der Waals surface area contributed by atoms with Crippen molar-refractivity contribution in [1.82, 2.24) is 0 Å². The van der Waals surface area contributed by atoms with Gasteiger partial charge < -0.3 is 4.74 Å². The van der Waals surface area contributed by atoms with Crippen molar-refractivity contribution in [3.05, 3.63) is 108 Å². The largest absolute Gasteiger partial charge is 0.461 e. The second-order valence-corrected chi connectivity index (χ2v) is 6.54. The van der Waals surface area contributed by atoms with Crippen molar-refractivity contribution in [3.63, 3.8) is 0 Å². The lowest BCUT2D eigenvalue weighted by molar-refractivity contribution is -0.144. The number of ether oxygens (including phenoxy) is 1. The molecular weight excluding hydrogens is 332 g/mol. The fraction of sp³-hybridized carbons (Fsp3) is 0.0800. The van der Waals surface area contributed by atoms with Gasteiger partial charge in [-0.05, 0) is 33.0 Å². The topological polar surface area (TPSA) is 26.3 Å². The predicted octanol–water partition coefficient (Wildman–Crippen LogP) is 5.79. The summed E-state index contributed by atoms with van der Waals surface area (Å²) >= 11 is 0. The highest BCUT2D eigenvalue weighted by molar-refractivity contribution is 5.85. The normalized spacial score (nSPS) is 10.7. The van der Waals surface area contributed by atoms with Gasteiger partial charge in [-0.25, -0.2) is 0 Å². The molecule has 27 heavy (non-hydrogen) atoms. The van der Waals surface area contributed by atoms with Crippen LogP contribution in [-0.2, 0) is 22.6 Å². The zero-order valence-electron chi connectivity index (χ0n) is 15.0. The highest BCUT2D eigenvalue weighted by Gasteiger charge is 2.08. The summed E-state index contributed by atoms with van der Waals surface area (Å²) in [4.78, 5) is 12.3. The van der Waals surface area contributed by atoms with Gasteiger partial charge >= 0.3 is 5.97 Å². The van der Waals surface area contributed by atoms with E-state index in [9.17, 15) is 4.79 Å². The number of carbonyl (C=O) groups is 1. The number of benzene rings is 4. The van der Waals surface area contributed by atoms with Crippen molar-refractivity contribution in [3.8, 4) is 11.1 Å². The van der Waals surface area contributed by atoms with Crippen molar-refractivity contribution >= 4 is 16.7 Å². The highest BCUT2D eigenvalue weighted by atomic mass is 16.5. The zero-order chi connectivity index (χ0) is 18.5. The van der Waals surface area contributed by atoms with Crippen LogP contribution in [0.1, 0.15) is 11.1 Å². The van der Waals surface area contributed by atoms with Crippen LogP contribution in [-0.4, -0.2) is 5.97 Å². The molecule has 0 aliphatic rings. The SMILES string of the molecule is O=C(Cc1ccc(-c2ccccc2)cc1)OCc1cccc2ccccc12. The lowest BCUT2D eigenvalue weighted by Gasteiger charge is -2.09.